The van der Waals surface area contributed by atoms with Gasteiger partial charge in [0.15, 0.2) is 0 Å². The lowest BCUT2D eigenvalue weighted by Gasteiger charge is -2.13. The molecular weight excluding hydrogens is 428 g/mol. The SMILES string of the molecule is COc1cc(/C=C(\C#N)c2ccccc2OC)c(OC)cc1/C=C(\C#N)c1ccccc1OC. The molecule has 0 bridgehead atoms. The van der Waals surface area contributed by atoms with Gasteiger partial charge in [0.2, 0.25) is 0 Å². The highest BCUT2D eigenvalue weighted by Crippen LogP contribution is 2.36. The predicted molar refractivity (Wildman–Crippen MR) is 133 cm³/mol. The van der Waals surface area contributed by atoms with Gasteiger partial charge >= 0.3 is 0 Å². The average Bonchev–Trinajstić information content (AvgIpc) is 2.90. The minimum atomic E-state index is 0.410. The molecule has 170 valence electrons. The number of nitrogens with zero attached hydrogens (tertiary/aromatic N) is 2. The molecule has 0 saturated heterocycles. The number of nitriles is 2. The third kappa shape index (κ3) is 5.03. The normalized spacial score (nSPS) is 11.2. The Morgan fingerprint density at radius 3 is 1.26 bits per heavy atom. The Hall–Kier alpha value is -4.68. The average molecular weight is 453 g/mol. The van der Waals surface area contributed by atoms with Crippen LogP contribution in [0.1, 0.15) is 22.3 Å². The molecular formula is C28H24N2O4. The van der Waals surface area contributed by atoms with Crippen LogP contribution < -0.4 is 18.9 Å². The number of hydrogen-bond acceptors (Lipinski definition) is 6. The van der Waals surface area contributed by atoms with Crippen molar-refractivity contribution in [3.63, 3.8) is 0 Å². The largest absolute Gasteiger partial charge is 0.496 e. The van der Waals surface area contributed by atoms with Crippen molar-refractivity contribution >= 4 is 23.3 Å². The van der Waals surface area contributed by atoms with Crippen molar-refractivity contribution in [2.75, 3.05) is 28.4 Å². The molecule has 0 aliphatic rings. The van der Waals surface area contributed by atoms with E-state index in [0.717, 1.165) is 0 Å². The lowest BCUT2D eigenvalue weighted by Crippen LogP contribution is -1.96. The van der Waals surface area contributed by atoms with Crippen LogP contribution in [0.4, 0.5) is 0 Å². The molecule has 0 aromatic heterocycles. The lowest BCUT2D eigenvalue weighted by molar-refractivity contribution is 0.401. The third-order valence-corrected chi connectivity index (χ3v) is 5.22. The van der Waals surface area contributed by atoms with E-state index in [-0.39, 0.29) is 0 Å². The van der Waals surface area contributed by atoms with Gasteiger partial charge in [-0.25, -0.2) is 0 Å². The summed E-state index contributed by atoms with van der Waals surface area (Å²) < 4.78 is 22.0. The Bertz CT molecular complexity index is 1220. The van der Waals surface area contributed by atoms with Crippen molar-refractivity contribution in [2.45, 2.75) is 0 Å². The first-order valence-corrected chi connectivity index (χ1v) is 10.4. The first kappa shape index (κ1) is 24.0. The highest BCUT2D eigenvalue weighted by atomic mass is 16.5. The number of methoxy groups -OCH3 is 4. The van der Waals surface area contributed by atoms with Gasteiger partial charge in [0, 0.05) is 22.3 Å². The van der Waals surface area contributed by atoms with Crippen LogP contribution in [0.15, 0.2) is 60.7 Å². The van der Waals surface area contributed by atoms with Crippen LogP contribution in [0.5, 0.6) is 23.0 Å². The molecule has 34 heavy (non-hydrogen) atoms. The van der Waals surface area contributed by atoms with Crippen LogP contribution in [0.2, 0.25) is 0 Å². The summed E-state index contributed by atoms with van der Waals surface area (Å²) in [6, 6.07) is 22.6. The zero-order valence-corrected chi connectivity index (χ0v) is 19.5. The zero-order valence-electron chi connectivity index (χ0n) is 19.5. The van der Waals surface area contributed by atoms with Crippen LogP contribution in [-0.2, 0) is 0 Å². The maximum atomic E-state index is 9.83. The second kappa shape index (κ2) is 11.3. The van der Waals surface area contributed by atoms with E-state index in [9.17, 15) is 10.5 Å². The van der Waals surface area contributed by atoms with Crippen molar-refractivity contribution < 1.29 is 18.9 Å². The molecule has 0 aliphatic heterocycles. The van der Waals surface area contributed by atoms with E-state index < -0.39 is 0 Å². The molecule has 3 aromatic rings. The van der Waals surface area contributed by atoms with Crippen LogP contribution >= 0.6 is 0 Å². The molecule has 0 radical (unpaired) electrons. The topological polar surface area (TPSA) is 84.5 Å². The van der Waals surface area contributed by atoms with E-state index in [4.69, 9.17) is 18.9 Å². The Morgan fingerprint density at radius 1 is 0.588 bits per heavy atom. The third-order valence-electron chi connectivity index (χ3n) is 5.22. The molecule has 0 saturated carbocycles. The van der Waals surface area contributed by atoms with E-state index >= 15 is 0 Å². The fraction of sp³-hybridized carbons (Fsp3) is 0.143. The summed E-state index contributed by atoms with van der Waals surface area (Å²) in [4.78, 5) is 0. The monoisotopic (exact) mass is 452 g/mol. The molecule has 0 spiro atoms. The maximum absolute atomic E-state index is 9.83. The molecule has 0 N–H and O–H groups in total. The maximum Gasteiger partial charge on any atom is 0.127 e. The fourth-order valence-electron chi connectivity index (χ4n) is 3.56. The van der Waals surface area contributed by atoms with Gasteiger partial charge < -0.3 is 18.9 Å². The van der Waals surface area contributed by atoms with Crippen molar-refractivity contribution in [2.24, 2.45) is 0 Å². The van der Waals surface area contributed by atoms with Crippen molar-refractivity contribution in [1.82, 2.24) is 0 Å². The predicted octanol–water partition coefficient (Wildman–Crippen LogP) is 5.85. The van der Waals surface area contributed by atoms with Gasteiger partial charge in [-0.05, 0) is 48.6 Å². The van der Waals surface area contributed by atoms with Crippen molar-refractivity contribution in [1.29, 1.82) is 10.5 Å². The highest BCUT2D eigenvalue weighted by Gasteiger charge is 2.15. The molecule has 0 unspecified atom stereocenters. The van der Waals surface area contributed by atoms with E-state index in [1.165, 1.54) is 0 Å². The number of para-hydroxylation sites is 2. The second-order valence-corrected chi connectivity index (χ2v) is 7.08. The molecule has 0 fully saturated rings. The van der Waals surface area contributed by atoms with Gasteiger partial charge in [-0.15, -0.1) is 0 Å². The first-order valence-electron chi connectivity index (χ1n) is 10.4. The smallest absolute Gasteiger partial charge is 0.127 e. The Labute approximate surface area is 199 Å². The fourth-order valence-corrected chi connectivity index (χ4v) is 3.56. The van der Waals surface area contributed by atoms with Gasteiger partial charge in [-0.3, -0.25) is 0 Å². The summed E-state index contributed by atoms with van der Waals surface area (Å²) in [5.74, 6) is 2.23. The van der Waals surface area contributed by atoms with Gasteiger partial charge in [0.25, 0.3) is 0 Å². The summed E-state index contributed by atoms with van der Waals surface area (Å²) in [5, 5.41) is 19.7. The van der Waals surface area contributed by atoms with E-state index in [1.807, 2.05) is 36.4 Å². The van der Waals surface area contributed by atoms with Crippen molar-refractivity contribution in [3.05, 3.63) is 82.9 Å². The van der Waals surface area contributed by atoms with Crippen LogP contribution in [0.25, 0.3) is 23.3 Å². The van der Waals surface area contributed by atoms with Gasteiger partial charge in [-0.2, -0.15) is 10.5 Å². The minimum absolute atomic E-state index is 0.410. The molecule has 3 rings (SSSR count). The molecule has 6 nitrogen and oxygen atoms in total. The summed E-state index contributed by atoms with van der Waals surface area (Å²) in [6.45, 7) is 0. The van der Waals surface area contributed by atoms with Gasteiger partial charge in [0.1, 0.15) is 23.0 Å². The first-order chi connectivity index (χ1) is 16.6. The molecule has 0 aliphatic carbocycles. The zero-order chi connectivity index (χ0) is 24.5. The molecule has 6 heteroatoms. The number of allylic oxidation sites excluding steroid dienone is 2. The number of benzene rings is 3. The van der Waals surface area contributed by atoms with E-state index in [2.05, 4.69) is 12.1 Å². The summed E-state index contributed by atoms with van der Waals surface area (Å²) in [7, 11) is 6.22. The minimum Gasteiger partial charge on any atom is -0.496 e. The van der Waals surface area contributed by atoms with E-state index in [0.29, 0.717) is 56.4 Å². The van der Waals surface area contributed by atoms with Gasteiger partial charge in [-0.1, -0.05) is 24.3 Å². The van der Waals surface area contributed by atoms with Crippen molar-refractivity contribution in [3.8, 4) is 35.1 Å². The quantitative estimate of drug-likeness (QED) is 0.315. The molecule has 0 atom stereocenters. The number of hydrogen-bond donors (Lipinski definition) is 0. The standard InChI is InChI=1S/C28H24N2O4/c1-31-25-11-7-5-9-23(25)21(17-29)13-19-15-28(34-4)20(16-27(19)33-3)14-22(18-30)24-10-6-8-12-26(24)32-2/h5-16H,1-4H3/b21-13+,22-14+. The molecule has 0 amide bonds. The molecule has 0 heterocycles. The Balaban J connectivity index is 2.16. The Kier molecular flexibility index (Phi) is 7.94. The second-order valence-electron chi connectivity index (χ2n) is 7.08. The summed E-state index contributed by atoms with van der Waals surface area (Å²) in [5.41, 5.74) is 3.45. The highest BCUT2D eigenvalue weighted by molar-refractivity contribution is 5.95. The number of ether oxygens (including phenoxy) is 4. The summed E-state index contributed by atoms with van der Waals surface area (Å²) >= 11 is 0. The van der Waals surface area contributed by atoms with Crippen LogP contribution in [0, 0.1) is 22.7 Å². The molecule has 3 aromatic carbocycles. The van der Waals surface area contributed by atoms with Crippen LogP contribution in [-0.4, -0.2) is 28.4 Å². The Morgan fingerprint density at radius 2 is 0.941 bits per heavy atom. The van der Waals surface area contributed by atoms with E-state index in [1.54, 1.807) is 64.9 Å². The van der Waals surface area contributed by atoms with Crippen LogP contribution in [0.3, 0.4) is 0 Å². The summed E-state index contributed by atoms with van der Waals surface area (Å²) in [6.07, 6.45) is 3.44. The van der Waals surface area contributed by atoms with Gasteiger partial charge in [0.05, 0.1) is 51.7 Å². The lowest BCUT2D eigenvalue weighted by atomic mass is 9.99. The number of rotatable bonds is 8.